The average Bonchev–Trinajstić information content (AvgIpc) is 3.31. The zero-order valence-electron chi connectivity index (χ0n) is 15.9. The standard InChI is InChI=1S/C20H17Cl2N7O/c21-16-7-12(10-24-20(16)29-25-4-5-26-29)6-15(30)8-14-11-23-18-9-17(22)27-28(18)19(14)13-2-1-3-13/h4-5,7,9-11,13H,1-3,6,8H2. The highest BCUT2D eigenvalue weighted by Crippen LogP contribution is 2.38. The fraction of sp³-hybridized carbons (Fsp3) is 0.300. The molecule has 4 aromatic heterocycles. The zero-order valence-corrected chi connectivity index (χ0v) is 17.4. The highest BCUT2D eigenvalue weighted by Gasteiger charge is 2.27. The Labute approximate surface area is 181 Å². The molecule has 30 heavy (non-hydrogen) atoms. The molecule has 1 saturated carbocycles. The van der Waals surface area contributed by atoms with E-state index in [2.05, 4.69) is 25.3 Å². The predicted molar refractivity (Wildman–Crippen MR) is 111 cm³/mol. The molecular weight excluding hydrogens is 425 g/mol. The Morgan fingerprint density at radius 3 is 2.57 bits per heavy atom. The van der Waals surface area contributed by atoms with Gasteiger partial charge in [-0.2, -0.15) is 15.3 Å². The van der Waals surface area contributed by atoms with Crippen LogP contribution in [0.1, 0.15) is 42.0 Å². The molecule has 4 aromatic rings. The molecule has 0 aromatic carbocycles. The molecule has 1 fully saturated rings. The molecule has 0 amide bonds. The van der Waals surface area contributed by atoms with E-state index in [1.165, 1.54) is 11.2 Å². The average molecular weight is 442 g/mol. The van der Waals surface area contributed by atoms with Crippen LogP contribution in [0.3, 0.4) is 0 Å². The first-order chi connectivity index (χ1) is 14.6. The van der Waals surface area contributed by atoms with E-state index >= 15 is 0 Å². The summed E-state index contributed by atoms with van der Waals surface area (Å²) in [6.07, 6.45) is 10.3. The Kier molecular flexibility index (Phi) is 4.96. The van der Waals surface area contributed by atoms with Crippen LogP contribution >= 0.6 is 23.2 Å². The third kappa shape index (κ3) is 3.57. The van der Waals surface area contributed by atoms with Crippen LogP contribution in [-0.4, -0.2) is 40.4 Å². The lowest BCUT2D eigenvalue weighted by molar-refractivity contribution is -0.117. The number of hydrogen-bond acceptors (Lipinski definition) is 6. The molecule has 0 N–H and O–H groups in total. The molecule has 10 heteroatoms. The summed E-state index contributed by atoms with van der Waals surface area (Å²) in [5.74, 6) is 0.861. The third-order valence-electron chi connectivity index (χ3n) is 5.34. The molecule has 0 saturated heterocycles. The first kappa shape index (κ1) is 19.1. The van der Waals surface area contributed by atoms with Crippen molar-refractivity contribution in [3.8, 4) is 5.82 Å². The van der Waals surface area contributed by atoms with Crippen LogP contribution in [0.4, 0.5) is 0 Å². The number of rotatable bonds is 6. The topological polar surface area (TPSA) is 90.9 Å². The second-order valence-electron chi connectivity index (χ2n) is 7.39. The van der Waals surface area contributed by atoms with E-state index in [0.717, 1.165) is 29.7 Å². The highest BCUT2D eigenvalue weighted by atomic mass is 35.5. The maximum Gasteiger partial charge on any atom is 0.193 e. The number of hydrogen-bond donors (Lipinski definition) is 0. The van der Waals surface area contributed by atoms with Gasteiger partial charge >= 0.3 is 0 Å². The Morgan fingerprint density at radius 2 is 1.87 bits per heavy atom. The van der Waals surface area contributed by atoms with Crippen LogP contribution in [0.5, 0.6) is 0 Å². The molecule has 5 rings (SSSR count). The van der Waals surface area contributed by atoms with Gasteiger partial charge in [0.1, 0.15) is 5.78 Å². The van der Waals surface area contributed by atoms with Gasteiger partial charge < -0.3 is 0 Å². The van der Waals surface area contributed by atoms with Crippen LogP contribution < -0.4 is 0 Å². The minimum atomic E-state index is 0.0535. The first-order valence-corrected chi connectivity index (χ1v) is 10.4. The molecule has 0 spiro atoms. The number of carbonyl (C=O) groups excluding carboxylic acids is 1. The second-order valence-corrected chi connectivity index (χ2v) is 8.19. The van der Waals surface area contributed by atoms with Crippen molar-refractivity contribution in [3.05, 3.63) is 63.9 Å². The van der Waals surface area contributed by atoms with Gasteiger partial charge in [-0.15, -0.1) is 4.80 Å². The van der Waals surface area contributed by atoms with E-state index in [0.29, 0.717) is 27.6 Å². The van der Waals surface area contributed by atoms with Crippen LogP contribution in [0, 0.1) is 0 Å². The fourth-order valence-corrected chi connectivity index (χ4v) is 4.19. The lowest BCUT2D eigenvalue weighted by atomic mass is 9.80. The lowest BCUT2D eigenvalue weighted by Gasteiger charge is -2.28. The number of halogens is 2. The highest BCUT2D eigenvalue weighted by molar-refractivity contribution is 6.32. The van der Waals surface area contributed by atoms with Gasteiger partial charge in [0.2, 0.25) is 0 Å². The molecular formula is C20H17Cl2N7O. The Hall–Kier alpha value is -2.84. The van der Waals surface area contributed by atoms with Crippen molar-refractivity contribution in [2.45, 2.75) is 38.0 Å². The fourth-order valence-electron chi connectivity index (χ4n) is 3.75. The van der Waals surface area contributed by atoms with Gasteiger partial charge in [-0.1, -0.05) is 29.6 Å². The molecule has 0 atom stereocenters. The van der Waals surface area contributed by atoms with Crippen molar-refractivity contribution in [2.75, 3.05) is 0 Å². The van der Waals surface area contributed by atoms with Gasteiger partial charge in [0.25, 0.3) is 0 Å². The van der Waals surface area contributed by atoms with Crippen molar-refractivity contribution >= 4 is 34.6 Å². The smallest absolute Gasteiger partial charge is 0.193 e. The van der Waals surface area contributed by atoms with Crippen molar-refractivity contribution in [3.63, 3.8) is 0 Å². The molecule has 0 radical (unpaired) electrons. The largest absolute Gasteiger partial charge is 0.299 e. The minimum absolute atomic E-state index is 0.0535. The van der Waals surface area contributed by atoms with E-state index in [9.17, 15) is 4.79 Å². The molecule has 1 aliphatic rings. The Balaban J connectivity index is 1.38. The number of Topliss-reactive ketones (excluding diaryl/α,β-unsaturated/α-hetero) is 1. The van der Waals surface area contributed by atoms with E-state index < -0.39 is 0 Å². The van der Waals surface area contributed by atoms with E-state index in [-0.39, 0.29) is 18.6 Å². The van der Waals surface area contributed by atoms with Gasteiger partial charge in [-0.25, -0.2) is 14.5 Å². The first-order valence-electron chi connectivity index (χ1n) is 9.64. The quantitative estimate of drug-likeness (QED) is 0.453. The number of aromatic nitrogens is 7. The van der Waals surface area contributed by atoms with Crippen LogP contribution in [0.15, 0.2) is 36.9 Å². The van der Waals surface area contributed by atoms with Gasteiger partial charge in [-0.05, 0) is 30.0 Å². The van der Waals surface area contributed by atoms with Gasteiger partial charge in [0.05, 0.1) is 23.1 Å². The maximum atomic E-state index is 12.8. The molecule has 8 nitrogen and oxygen atoms in total. The Morgan fingerprint density at radius 1 is 1.07 bits per heavy atom. The van der Waals surface area contributed by atoms with Gasteiger partial charge in [-0.3, -0.25) is 4.79 Å². The molecule has 152 valence electrons. The molecule has 0 bridgehead atoms. The van der Waals surface area contributed by atoms with Gasteiger partial charge in [0, 0.05) is 37.2 Å². The summed E-state index contributed by atoms with van der Waals surface area (Å²) < 4.78 is 1.79. The number of nitrogens with zero attached hydrogens (tertiary/aromatic N) is 7. The predicted octanol–water partition coefficient (Wildman–Crippen LogP) is 3.63. The van der Waals surface area contributed by atoms with Crippen molar-refractivity contribution in [2.24, 2.45) is 0 Å². The van der Waals surface area contributed by atoms with E-state index in [1.807, 2.05) is 0 Å². The number of fused-ring (bicyclic) bond motifs is 1. The number of pyridine rings is 1. The molecule has 4 heterocycles. The van der Waals surface area contributed by atoms with Gasteiger partial charge in [0.15, 0.2) is 16.6 Å². The van der Waals surface area contributed by atoms with Crippen LogP contribution in [0.25, 0.3) is 11.5 Å². The van der Waals surface area contributed by atoms with Crippen LogP contribution in [-0.2, 0) is 17.6 Å². The monoisotopic (exact) mass is 441 g/mol. The van der Waals surface area contributed by atoms with Crippen LogP contribution in [0.2, 0.25) is 10.2 Å². The SMILES string of the molecule is O=C(Cc1cnc(-n2nccn2)c(Cl)c1)Cc1cnc2cc(Cl)nn2c1C1CCC1. The number of ketones is 1. The minimum Gasteiger partial charge on any atom is -0.299 e. The summed E-state index contributed by atoms with van der Waals surface area (Å²) in [5, 5.41) is 13.2. The summed E-state index contributed by atoms with van der Waals surface area (Å²) in [7, 11) is 0. The summed E-state index contributed by atoms with van der Waals surface area (Å²) in [6.45, 7) is 0. The van der Waals surface area contributed by atoms with E-state index in [1.54, 1.807) is 41.4 Å². The van der Waals surface area contributed by atoms with E-state index in [4.69, 9.17) is 23.2 Å². The zero-order chi connectivity index (χ0) is 20.7. The summed E-state index contributed by atoms with van der Waals surface area (Å²) >= 11 is 12.4. The molecule has 0 aliphatic heterocycles. The summed E-state index contributed by atoms with van der Waals surface area (Å²) in [4.78, 5) is 22.9. The molecule has 0 unspecified atom stereocenters. The Bertz CT molecular complexity index is 1230. The number of carbonyl (C=O) groups is 1. The van der Waals surface area contributed by atoms with Crippen molar-refractivity contribution in [1.82, 2.24) is 34.6 Å². The van der Waals surface area contributed by atoms with Crippen molar-refractivity contribution in [1.29, 1.82) is 0 Å². The molecule has 1 aliphatic carbocycles. The third-order valence-corrected chi connectivity index (χ3v) is 5.80. The maximum absolute atomic E-state index is 12.8. The second kappa shape index (κ2) is 7.77. The summed E-state index contributed by atoms with van der Waals surface area (Å²) in [5.41, 5.74) is 3.38. The lowest BCUT2D eigenvalue weighted by Crippen LogP contribution is -2.19. The summed E-state index contributed by atoms with van der Waals surface area (Å²) in [6, 6.07) is 3.46. The van der Waals surface area contributed by atoms with Crippen molar-refractivity contribution < 1.29 is 4.79 Å². The normalized spacial score (nSPS) is 14.2.